The number of aryl methyl sites for hydroxylation is 1. The van der Waals surface area contributed by atoms with Crippen LogP contribution in [0.4, 0.5) is 10.1 Å². The second kappa shape index (κ2) is 7.76. The highest BCUT2D eigenvalue weighted by Crippen LogP contribution is 2.33. The fourth-order valence-electron chi connectivity index (χ4n) is 2.06. The number of aromatic nitrogens is 2. The minimum atomic E-state index is -0.293. The van der Waals surface area contributed by atoms with Gasteiger partial charge in [-0.15, -0.1) is 0 Å². The molecular formula is C17H14BClFN3OS. The standard InChI is InChI=1S/C17H14BClFN3OS/c1-10-15(3-2-6-21-10)24-17-14(8-12(19)9-22-17)23-25-16-5-4-11(18)7-13(16)20/h2-9,23H,18H2,1H3. The van der Waals surface area contributed by atoms with E-state index in [9.17, 15) is 4.39 Å². The molecule has 0 spiro atoms. The molecule has 1 aromatic carbocycles. The molecule has 2 aromatic heterocycles. The Hall–Kier alpha value is -2.25. The van der Waals surface area contributed by atoms with Gasteiger partial charge in [0, 0.05) is 12.4 Å². The molecule has 4 nitrogen and oxygen atoms in total. The Morgan fingerprint density at radius 3 is 2.84 bits per heavy atom. The van der Waals surface area contributed by atoms with E-state index in [1.165, 1.54) is 12.3 Å². The Labute approximate surface area is 155 Å². The topological polar surface area (TPSA) is 47.0 Å². The Morgan fingerprint density at radius 2 is 2.08 bits per heavy atom. The minimum Gasteiger partial charge on any atom is -0.435 e. The SMILES string of the molecule is Bc1ccc(SNc2cc(Cl)cnc2Oc2cccnc2C)c(F)c1. The molecule has 0 atom stereocenters. The number of anilines is 1. The van der Waals surface area contributed by atoms with Crippen molar-refractivity contribution in [3.8, 4) is 11.6 Å². The highest BCUT2D eigenvalue weighted by molar-refractivity contribution is 8.00. The largest absolute Gasteiger partial charge is 0.435 e. The van der Waals surface area contributed by atoms with Crippen molar-refractivity contribution in [1.82, 2.24) is 9.97 Å². The van der Waals surface area contributed by atoms with Crippen molar-refractivity contribution in [3.05, 3.63) is 65.3 Å². The van der Waals surface area contributed by atoms with E-state index in [0.29, 0.717) is 27.2 Å². The van der Waals surface area contributed by atoms with E-state index in [0.717, 1.165) is 23.1 Å². The average Bonchev–Trinajstić information content (AvgIpc) is 2.58. The van der Waals surface area contributed by atoms with E-state index < -0.39 is 0 Å². The molecule has 0 saturated carbocycles. The van der Waals surface area contributed by atoms with Gasteiger partial charge in [-0.1, -0.05) is 23.1 Å². The Bertz CT molecular complexity index is 913. The van der Waals surface area contributed by atoms with E-state index in [-0.39, 0.29) is 5.82 Å². The fraction of sp³-hybridized carbons (Fsp3) is 0.0588. The molecular weight excluding hydrogens is 360 g/mol. The lowest BCUT2D eigenvalue weighted by Crippen LogP contribution is -2.03. The normalized spacial score (nSPS) is 10.5. The molecule has 0 radical (unpaired) electrons. The smallest absolute Gasteiger partial charge is 0.243 e. The number of hydrogen-bond acceptors (Lipinski definition) is 5. The summed E-state index contributed by atoms with van der Waals surface area (Å²) in [7, 11) is 1.84. The quantitative estimate of drug-likeness (QED) is 0.545. The van der Waals surface area contributed by atoms with Gasteiger partial charge >= 0.3 is 0 Å². The molecule has 0 unspecified atom stereocenters. The first-order chi connectivity index (χ1) is 12.0. The van der Waals surface area contributed by atoms with Crippen LogP contribution in [0.25, 0.3) is 0 Å². The third kappa shape index (κ3) is 4.43. The van der Waals surface area contributed by atoms with Crippen molar-refractivity contribution in [3.63, 3.8) is 0 Å². The molecule has 3 aromatic rings. The molecule has 1 N–H and O–H groups in total. The van der Waals surface area contributed by atoms with Crippen molar-refractivity contribution in [1.29, 1.82) is 0 Å². The second-order valence-electron chi connectivity index (χ2n) is 5.33. The van der Waals surface area contributed by atoms with E-state index in [1.54, 1.807) is 30.5 Å². The molecule has 0 amide bonds. The first-order valence-corrected chi connectivity index (χ1v) is 8.66. The molecule has 0 aliphatic carbocycles. The van der Waals surface area contributed by atoms with E-state index >= 15 is 0 Å². The molecule has 0 aliphatic heterocycles. The fourth-order valence-corrected chi connectivity index (χ4v) is 2.88. The van der Waals surface area contributed by atoms with Crippen LogP contribution in [-0.4, -0.2) is 17.8 Å². The summed E-state index contributed by atoms with van der Waals surface area (Å²) in [6.45, 7) is 1.84. The van der Waals surface area contributed by atoms with E-state index in [2.05, 4.69) is 14.7 Å². The zero-order chi connectivity index (χ0) is 17.8. The molecule has 0 saturated heterocycles. The van der Waals surface area contributed by atoms with Crippen LogP contribution in [0.15, 0.2) is 53.7 Å². The van der Waals surface area contributed by atoms with Gasteiger partial charge in [0.2, 0.25) is 5.88 Å². The van der Waals surface area contributed by atoms with Crippen LogP contribution in [0.3, 0.4) is 0 Å². The number of hydrogen-bond donors (Lipinski definition) is 1. The molecule has 3 rings (SSSR count). The van der Waals surface area contributed by atoms with Gasteiger partial charge in [0.25, 0.3) is 0 Å². The van der Waals surface area contributed by atoms with Gasteiger partial charge in [0.05, 0.1) is 15.6 Å². The molecule has 0 aliphatic rings. The summed E-state index contributed by atoms with van der Waals surface area (Å²) in [6.07, 6.45) is 3.18. The van der Waals surface area contributed by atoms with Crippen molar-refractivity contribution >= 4 is 42.5 Å². The van der Waals surface area contributed by atoms with Crippen LogP contribution < -0.4 is 14.9 Å². The number of nitrogens with one attached hydrogen (secondary N) is 1. The Morgan fingerprint density at radius 1 is 1.24 bits per heavy atom. The van der Waals surface area contributed by atoms with Crippen molar-refractivity contribution < 1.29 is 9.13 Å². The first-order valence-electron chi connectivity index (χ1n) is 7.47. The zero-order valence-electron chi connectivity index (χ0n) is 13.6. The highest BCUT2D eigenvalue weighted by Gasteiger charge is 2.11. The summed E-state index contributed by atoms with van der Waals surface area (Å²) in [5.74, 6) is 0.630. The predicted octanol–water partition coefficient (Wildman–Crippen LogP) is 3.75. The third-order valence-corrected chi connectivity index (χ3v) is 4.42. The van der Waals surface area contributed by atoms with Crippen LogP contribution in [0.1, 0.15) is 5.69 Å². The summed E-state index contributed by atoms with van der Waals surface area (Å²) in [4.78, 5) is 8.86. The Balaban J connectivity index is 1.83. The lowest BCUT2D eigenvalue weighted by atomic mass is 9.97. The molecule has 8 heteroatoms. The number of ether oxygens (including phenoxy) is 1. The maximum absolute atomic E-state index is 14.0. The van der Waals surface area contributed by atoms with Gasteiger partial charge in [0.1, 0.15) is 19.4 Å². The van der Waals surface area contributed by atoms with Crippen LogP contribution in [0.2, 0.25) is 5.02 Å². The Kier molecular flexibility index (Phi) is 5.45. The minimum absolute atomic E-state index is 0.293. The van der Waals surface area contributed by atoms with Crippen molar-refractivity contribution in [2.45, 2.75) is 11.8 Å². The summed E-state index contributed by atoms with van der Waals surface area (Å²) in [6, 6.07) is 10.3. The summed E-state index contributed by atoms with van der Waals surface area (Å²) in [5, 5.41) is 0.447. The number of halogens is 2. The van der Waals surface area contributed by atoms with Gasteiger partial charge in [0.15, 0.2) is 5.75 Å². The van der Waals surface area contributed by atoms with Crippen molar-refractivity contribution in [2.75, 3.05) is 4.72 Å². The van der Waals surface area contributed by atoms with Gasteiger partial charge in [-0.2, -0.15) is 0 Å². The number of nitrogens with zero attached hydrogens (tertiary/aromatic N) is 2. The van der Waals surface area contributed by atoms with Gasteiger partial charge in [-0.25, -0.2) is 9.37 Å². The zero-order valence-corrected chi connectivity index (χ0v) is 15.2. The first kappa shape index (κ1) is 17.6. The van der Waals surface area contributed by atoms with Crippen LogP contribution in [-0.2, 0) is 0 Å². The van der Waals surface area contributed by atoms with Crippen LogP contribution in [0, 0.1) is 12.7 Å². The van der Waals surface area contributed by atoms with E-state index in [4.69, 9.17) is 16.3 Å². The van der Waals surface area contributed by atoms with Gasteiger partial charge in [-0.05, 0) is 49.2 Å². The maximum atomic E-state index is 14.0. The lowest BCUT2D eigenvalue weighted by molar-refractivity contribution is 0.459. The molecule has 2 heterocycles. The molecule has 25 heavy (non-hydrogen) atoms. The molecule has 126 valence electrons. The third-order valence-electron chi connectivity index (χ3n) is 3.34. The molecule has 0 fully saturated rings. The molecule has 0 bridgehead atoms. The summed E-state index contributed by atoms with van der Waals surface area (Å²) in [5.41, 5.74) is 2.14. The highest BCUT2D eigenvalue weighted by atomic mass is 35.5. The average molecular weight is 374 g/mol. The van der Waals surface area contributed by atoms with E-state index in [1.807, 2.05) is 20.8 Å². The van der Waals surface area contributed by atoms with Crippen LogP contribution >= 0.6 is 23.5 Å². The van der Waals surface area contributed by atoms with Gasteiger partial charge < -0.3 is 9.46 Å². The lowest BCUT2D eigenvalue weighted by Gasteiger charge is -2.13. The second-order valence-corrected chi connectivity index (χ2v) is 6.62. The number of benzene rings is 1. The number of rotatable bonds is 5. The van der Waals surface area contributed by atoms with Crippen molar-refractivity contribution in [2.24, 2.45) is 0 Å². The monoisotopic (exact) mass is 373 g/mol. The predicted molar refractivity (Wildman–Crippen MR) is 102 cm³/mol. The summed E-state index contributed by atoms with van der Waals surface area (Å²) < 4.78 is 22.9. The summed E-state index contributed by atoms with van der Waals surface area (Å²) >= 11 is 7.16. The maximum Gasteiger partial charge on any atom is 0.243 e. The van der Waals surface area contributed by atoms with Gasteiger partial charge in [-0.3, -0.25) is 4.98 Å². The van der Waals surface area contributed by atoms with Crippen LogP contribution in [0.5, 0.6) is 11.6 Å². The number of pyridine rings is 2.